The van der Waals surface area contributed by atoms with Crippen LogP contribution in [-0.2, 0) is 0 Å². The Morgan fingerprint density at radius 1 is 1.29 bits per heavy atom. The highest BCUT2D eigenvalue weighted by Gasteiger charge is 2.08. The van der Waals surface area contributed by atoms with Crippen molar-refractivity contribution < 1.29 is 14.3 Å². The van der Waals surface area contributed by atoms with Crippen molar-refractivity contribution in [1.29, 1.82) is 0 Å². The van der Waals surface area contributed by atoms with E-state index in [0.29, 0.717) is 17.0 Å². The number of H-pyrrole nitrogens is 1. The second-order valence-corrected chi connectivity index (χ2v) is 5.22. The van der Waals surface area contributed by atoms with Crippen molar-refractivity contribution in [1.82, 2.24) is 14.9 Å². The molecule has 0 bridgehead atoms. The maximum absolute atomic E-state index is 13.4. The van der Waals surface area contributed by atoms with E-state index in [1.807, 2.05) is 0 Å². The molecule has 0 fully saturated rings. The number of carbonyl (C=O) groups is 1. The predicted molar refractivity (Wildman–Crippen MR) is 86.6 cm³/mol. The predicted octanol–water partition coefficient (Wildman–Crippen LogP) is 1.99. The first-order chi connectivity index (χ1) is 11.5. The zero-order valence-corrected chi connectivity index (χ0v) is 13.0. The maximum Gasteiger partial charge on any atom is 0.216 e. The Labute approximate surface area is 140 Å². The van der Waals surface area contributed by atoms with Gasteiger partial charge in [0.1, 0.15) is 5.82 Å². The third-order valence-electron chi connectivity index (χ3n) is 3.20. The van der Waals surface area contributed by atoms with Crippen molar-refractivity contribution in [2.75, 3.05) is 0 Å². The van der Waals surface area contributed by atoms with Crippen LogP contribution in [0.5, 0.6) is 0 Å². The topological polar surface area (TPSA) is 86.1 Å². The number of hydrogen-bond acceptors (Lipinski definition) is 5. The standard InChI is InChI=1S/C16H11FN4O2S/c17-13-3-1-2-12(8-13)14-19-20-16(24)21(14)18-9-10-4-6-11(7-5-10)15(22)23/h1-9H,(H,20,24)(H,22,23)/p-1/b18-9-. The molecule has 6 nitrogen and oxygen atoms in total. The van der Waals surface area contributed by atoms with E-state index >= 15 is 0 Å². The van der Waals surface area contributed by atoms with Gasteiger partial charge in [-0.15, -0.1) is 0 Å². The molecule has 0 saturated heterocycles. The Bertz CT molecular complexity index is 976. The van der Waals surface area contributed by atoms with Crippen LogP contribution in [0.1, 0.15) is 15.9 Å². The zero-order valence-electron chi connectivity index (χ0n) is 12.1. The van der Waals surface area contributed by atoms with Gasteiger partial charge in [0.2, 0.25) is 4.77 Å². The minimum absolute atomic E-state index is 0.0764. The number of benzene rings is 2. The van der Waals surface area contributed by atoms with Gasteiger partial charge < -0.3 is 9.90 Å². The Balaban J connectivity index is 1.94. The summed E-state index contributed by atoms with van der Waals surface area (Å²) in [4.78, 5) is 10.7. The highest BCUT2D eigenvalue weighted by atomic mass is 32.1. The van der Waals surface area contributed by atoms with Crippen LogP contribution in [0.3, 0.4) is 0 Å². The Kier molecular flexibility index (Phi) is 4.30. The van der Waals surface area contributed by atoms with Crippen LogP contribution in [0.25, 0.3) is 11.4 Å². The average Bonchev–Trinajstić information content (AvgIpc) is 2.94. The number of aromatic carboxylic acids is 1. The van der Waals surface area contributed by atoms with Gasteiger partial charge in [0.15, 0.2) is 5.82 Å². The van der Waals surface area contributed by atoms with Crippen LogP contribution >= 0.6 is 12.2 Å². The molecule has 0 amide bonds. The smallest absolute Gasteiger partial charge is 0.216 e. The monoisotopic (exact) mass is 341 g/mol. The van der Waals surface area contributed by atoms with E-state index in [1.54, 1.807) is 24.3 Å². The molecule has 0 radical (unpaired) electrons. The Hall–Kier alpha value is -3.13. The summed E-state index contributed by atoms with van der Waals surface area (Å²) in [5.74, 6) is -1.28. The molecule has 8 heteroatoms. The summed E-state index contributed by atoms with van der Waals surface area (Å²) >= 11 is 5.13. The number of aromatic nitrogens is 3. The lowest BCUT2D eigenvalue weighted by molar-refractivity contribution is -0.255. The van der Waals surface area contributed by atoms with Crippen LogP contribution < -0.4 is 5.11 Å². The molecule has 120 valence electrons. The van der Waals surface area contributed by atoms with Gasteiger partial charge in [-0.2, -0.15) is 14.9 Å². The average molecular weight is 341 g/mol. The van der Waals surface area contributed by atoms with Gasteiger partial charge in [0.25, 0.3) is 0 Å². The highest BCUT2D eigenvalue weighted by molar-refractivity contribution is 7.71. The van der Waals surface area contributed by atoms with Gasteiger partial charge in [-0.1, -0.05) is 36.4 Å². The lowest BCUT2D eigenvalue weighted by atomic mass is 10.1. The molecule has 0 aliphatic heterocycles. The van der Waals surface area contributed by atoms with Crippen molar-refractivity contribution in [3.8, 4) is 11.4 Å². The number of carbonyl (C=O) groups excluding carboxylic acids is 1. The number of carboxylic acid groups (broad SMARTS) is 1. The van der Waals surface area contributed by atoms with Crippen molar-refractivity contribution in [2.24, 2.45) is 5.10 Å². The minimum atomic E-state index is -1.25. The third kappa shape index (κ3) is 3.28. The van der Waals surface area contributed by atoms with Crippen molar-refractivity contribution in [3.63, 3.8) is 0 Å². The molecule has 24 heavy (non-hydrogen) atoms. The quantitative estimate of drug-likeness (QED) is 0.581. The van der Waals surface area contributed by atoms with Crippen molar-refractivity contribution in [3.05, 3.63) is 70.2 Å². The molecular formula is C16H10FN4O2S-. The first kappa shape index (κ1) is 15.8. The highest BCUT2D eigenvalue weighted by Crippen LogP contribution is 2.18. The third-order valence-corrected chi connectivity index (χ3v) is 3.47. The summed E-state index contributed by atoms with van der Waals surface area (Å²) in [7, 11) is 0. The number of halogens is 1. The van der Waals surface area contributed by atoms with Crippen LogP contribution in [0.2, 0.25) is 0 Å². The van der Waals surface area contributed by atoms with E-state index in [4.69, 9.17) is 12.2 Å². The molecule has 3 aromatic rings. The number of nitrogens with one attached hydrogen (secondary N) is 1. The summed E-state index contributed by atoms with van der Waals surface area (Å²) in [6, 6.07) is 11.9. The second-order valence-electron chi connectivity index (χ2n) is 4.83. The van der Waals surface area contributed by atoms with Gasteiger partial charge >= 0.3 is 0 Å². The van der Waals surface area contributed by atoms with Crippen molar-refractivity contribution >= 4 is 24.4 Å². The Morgan fingerprint density at radius 3 is 2.71 bits per heavy atom. The molecule has 1 N–H and O–H groups in total. The normalized spacial score (nSPS) is 11.0. The van der Waals surface area contributed by atoms with E-state index in [2.05, 4.69) is 15.3 Å². The summed E-state index contributed by atoms with van der Waals surface area (Å²) in [5, 5.41) is 21.6. The molecular weight excluding hydrogens is 331 g/mol. The van der Waals surface area contributed by atoms with Gasteiger partial charge in [-0.25, -0.2) is 9.49 Å². The van der Waals surface area contributed by atoms with E-state index in [0.717, 1.165) is 0 Å². The molecule has 0 atom stereocenters. The minimum Gasteiger partial charge on any atom is -0.545 e. The molecule has 2 aromatic carbocycles. The van der Waals surface area contributed by atoms with E-state index in [1.165, 1.54) is 35.2 Å². The Morgan fingerprint density at radius 2 is 2.04 bits per heavy atom. The first-order valence-corrected chi connectivity index (χ1v) is 7.24. The fraction of sp³-hybridized carbons (Fsp3) is 0. The van der Waals surface area contributed by atoms with Crippen LogP contribution in [-0.4, -0.2) is 27.1 Å². The molecule has 0 aliphatic carbocycles. The summed E-state index contributed by atoms with van der Waals surface area (Å²) in [5.41, 5.74) is 1.26. The largest absolute Gasteiger partial charge is 0.545 e. The summed E-state index contributed by atoms with van der Waals surface area (Å²) in [6.07, 6.45) is 1.49. The fourth-order valence-corrected chi connectivity index (χ4v) is 2.22. The van der Waals surface area contributed by atoms with Crippen LogP contribution in [0, 0.1) is 10.6 Å². The van der Waals surface area contributed by atoms with Gasteiger partial charge in [0, 0.05) is 5.56 Å². The molecule has 0 spiro atoms. The van der Waals surface area contributed by atoms with E-state index < -0.39 is 11.8 Å². The number of rotatable bonds is 4. The zero-order chi connectivity index (χ0) is 17.1. The lowest BCUT2D eigenvalue weighted by Gasteiger charge is -2.02. The van der Waals surface area contributed by atoms with Crippen LogP contribution in [0.4, 0.5) is 4.39 Å². The number of carboxylic acids is 1. The fourth-order valence-electron chi connectivity index (χ4n) is 2.04. The maximum atomic E-state index is 13.4. The molecule has 0 aliphatic rings. The lowest BCUT2D eigenvalue weighted by Crippen LogP contribution is -2.21. The van der Waals surface area contributed by atoms with Crippen LogP contribution in [0.15, 0.2) is 53.6 Å². The molecule has 0 unspecified atom stereocenters. The van der Waals surface area contributed by atoms with E-state index in [9.17, 15) is 14.3 Å². The number of nitrogens with zero attached hydrogens (tertiary/aromatic N) is 3. The molecule has 0 saturated carbocycles. The number of hydrogen-bond donors (Lipinski definition) is 1. The molecule has 1 aromatic heterocycles. The molecule has 1 heterocycles. The van der Waals surface area contributed by atoms with Gasteiger partial charge in [-0.05, 0) is 35.5 Å². The van der Waals surface area contributed by atoms with Crippen molar-refractivity contribution in [2.45, 2.75) is 0 Å². The van der Waals surface area contributed by atoms with E-state index in [-0.39, 0.29) is 10.3 Å². The molecule has 3 rings (SSSR count). The SMILES string of the molecule is O=C([O-])c1ccc(/C=N\n2c(-c3cccc(F)c3)n[nH]c2=S)cc1. The van der Waals surface area contributed by atoms with Gasteiger partial charge in [0.05, 0.1) is 12.2 Å². The second kappa shape index (κ2) is 6.55. The summed E-state index contributed by atoms with van der Waals surface area (Å²) in [6.45, 7) is 0. The van der Waals surface area contributed by atoms with Gasteiger partial charge in [-0.3, -0.25) is 0 Å². The summed E-state index contributed by atoms with van der Waals surface area (Å²) < 4.78 is 15.0. The first-order valence-electron chi connectivity index (χ1n) is 6.84. The number of aromatic amines is 1.